The van der Waals surface area contributed by atoms with Crippen LogP contribution in [0.15, 0.2) is 66.4 Å². The Balaban J connectivity index is 2.18. The van der Waals surface area contributed by atoms with Gasteiger partial charge in [0.1, 0.15) is 11.6 Å². The minimum atomic E-state index is -0.536. The van der Waals surface area contributed by atoms with E-state index in [4.69, 9.17) is 0 Å². The molecule has 2 aliphatic rings. The Hall–Kier alpha value is -2.29. The van der Waals surface area contributed by atoms with Crippen molar-refractivity contribution in [1.82, 2.24) is 4.90 Å². The zero-order valence-corrected chi connectivity index (χ0v) is 14.2. The average Bonchev–Trinajstić information content (AvgIpc) is 2.63. The van der Waals surface area contributed by atoms with Gasteiger partial charge in [-0.15, -0.1) is 0 Å². The summed E-state index contributed by atoms with van der Waals surface area (Å²) in [5.74, 6) is -0.0168. The maximum atomic E-state index is 14.0. The van der Waals surface area contributed by atoms with Crippen LogP contribution in [0, 0.1) is 11.7 Å². The molecular formula is C21H24FNO. The lowest BCUT2D eigenvalue weighted by Crippen LogP contribution is -2.37. The highest BCUT2D eigenvalue weighted by atomic mass is 19.1. The summed E-state index contributed by atoms with van der Waals surface area (Å²) in [7, 11) is 0. The Morgan fingerprint density at radius 2 is 2.12 bits per heavy atom. The summed E-state index contributed by atoms with van der Waals surface area (Å²) >= 11 is 0. The van der Waals surface area contributed by atoms with Crippen molar-refractivity contribution in [3.8, 4) is 5.75 Å². The van der Waals surface area contributed by atoms with Crippen molar-refractivity contribution < 1.29 is 9.50 Å². The van der Waals surface area contributed by atoms with Crippen molar-refractivity contribution in [2.45, 2.75) is 25.7 Å². The number of nitrogens with zero attached hydrogens (tertiary/aromatic N) is 1. The number of aromatic hydroxyl groups is 1. The third-order valence-corrected chi connectivity index (χ3v) is 5.14. The van der Waals surface area contributed by atoms with Crippen LogP contribution in [0.4, 0.5) is 4.39 Å². The number of likely N-dealkylation sites (N-methyl/N-ethyl adjacent to an activating group) is 1. The normalized spacial score (nSPS) is 25.9. The van der Waals surface area contributed by atoms with Gasteiger partial charge in [0.2, 0.25) is 0 Å². The first-order valence-corrected chi connectivity index (χ1v) is 8.59. The van der Waals surface area contributed by atoms with Crippen molar-refractivity contribution in [3.05, 3.63) is 77.8 Å². The molecule has 1 heterocycles. The lowest BCUT2D eigenvalue weighted by Gasteiger charge is -2.42. The maximum absolute atomic E-state index is 14.0. The van der Waals surface area contributed by atoms with Crippen LogP contribution >= 0.6 is 0 Å². The van der Waals surface area contributed by atoms with E-state index in [0.717, 1.165) is 25.1 Å². The lowest BCUT2D eigenvalue weighted by atomic mass is 9.62. The van der Waals surface area contributed by atoms with Crippen LogP contribution in [0.25, 0.3) is 0 Å². The minimum absolute atomic E-state index is 0.141. The SMILES string of the molecule is CCC1C=CC=CC1(C1=CCN(CC)C=C1)c1cc(F)ccc1O. The standard InChI is InChI=1S/C21H24FNO/c1-3-16-7-5-6-12-21(16,17-10-13-23(4-2)14-11-17)19-15-18(22)8-9-20(19)24/h5-13,15-16,24H,3-4,14H2,1-2H3. The summed E-state index contributed by atoms with van der Waals surface area (Å²) < 4.78 is 14.0. The summed E-state index contributed by atoms with van der Waals surface area (Å²) in [4.78, 5) is 2.21. The molecule has 3 rings (SSSR count). The molecule has 0 saturated carbocycles. The van der Waals surface area contributed by atoms with Gasteiger partial charge in [-0.3, -0.25) is 0 Å². The number of allylic oxidation sites excluding steroid dienone is 6. The fourth-order valence-electron chi connectivity index (χ4n) is 3.81. The molecule has 1 N–H and O–H groups in total. The van der Waals surface area contributed by atoms with E-state index in [1.165, 1.54) is 18.2 Å². The summed E-state index contributed by atoms with van der Waals surface area (Å²) in [6, 6.07) is 4.24. The van der Waals surface area contributed by atoms with Crippen LogP contribution in [-0.2, 0) is 5.41 Å². The van der Waals surface area contributed by atoms with Crippen molar-refractivity contribution in [3.63, 3.8) is 0 Å². The number of hydrogen-bond donors (Lipinski definition) is 1. The lowest BCUT2D eigenvalue weighted by molar-refractivity contribution is 0.389. The van der Waals surface area contributed by atoms with E-state index >= 15 is 0 Å². The Kier molecular flexibility index (Phi) is 4.61. The van der Waals surface area contributed by atoms with E-state index < -0.39 is 5.41 Å². The molecule has 0 fully saturated rings. The van der Waals surface area contributed by atoms with E-state index in [1.807, 2.05) is 12.2 Å². The van der Waals surface area contributed by atoms with Crippen molar-refractivity contribution in [2.75, 3.05) is 13.1 Å². The van der Waals surface area contributed by atoms with Crippen molar-refractivity contribution >= 4 is 0 Å². The van der Waals surface area contributed by atoms with E-state index in [-0.39, 0.29) is 17.5 Å². The molecular weight excluding hydrogens is 301 g/mol. The van der Waals surface area contributed by atoms with E-state index in [1.54, 1.807) is 0 Å². The predicted molar refractivity (Wildman–Crippen MR) is 96.3 cm³/mol. The number of hydrogen-bond acceptors (Lipinski definition) is 2. The zero-order valence-electron chi connectivity index (χ0n) is 14.2. The van der Waals surface area contributed by atoms with Crippen LogP contribution < -0.4 is 0 Å². The molecule has 1 aromatic rings. The summed E-state index contributed by atoms with van der Waals surface area (Å²) in [6.07, 6.45) is 15.6. The molecule has 1 aromatic carbocycles. The van der Waals surface area contributed by atoms with Gasteiger partial charge in [-0.25, -0.2) is 4.39 Å². The third-order valence-electron chi connectivity index (χ3n) is 5.14. The van der Waals surface area contributed by atoms with E-state index in [0.29, 0.717) is 5.56 Å². The molecule has 126 valence electrons. The van der Waals surface area contributed by atoms with Crippen molar-refractivity contribution in [2.24, 2.45) is 5.92 Å². The smallest absolute Gasteiger partial charge is 0.123 e. The van der Waals surface area contributed by atoms with Gasteiger partial charge in [-0.1, -0.05) is 37.3 Å². The second-order valence-corrected chi connectivity index (χ2v) is 6.35. The molecule has 2 unspecified atom stereocenters. The van der Waals surface area contributed by atoms with Crippen LogP contribution in [0.3, 0.4) is 0 Å². The van der Waals surface area contributed by atoms with Crippen LogP contribution in [0.5, 0.6) is 5.75 Å². The van der Waals surface area contributed by atoms with Gasteiger partial charge in [-0.05, 0) is 55.3 Å². The molecule has 2 atom stereocenters. The average molecular weight is 325 g/mol. The van der Waals surface area contributed by atoms with Gasteiger partial charge >= 0.3 is 0 Å². The Morgan fingerprint density at radius 3 is 2.79 bits per heavy atom. The summed E-state index contributed by atoms with van der Waals surface area (Å²) in [5.41, 5.74) is 1.21. The Morgan fingerprint density at radius 1 is 1.29 bits per heavy atom. The van der Waals surface area contributed by atoms with E-state index in [2.05, 4.69) is 49.3 Å². The first kappa shape index (κ1) is 16.6. The number of phenolic OH excluding ortho intramolecular Hbond substituents is 1. The molecule has 1 aliphatic heterocycles. The number of benzene rings is 1. The quantitative estimate of drug-likeness (QED) is 0.867. The van der Waals surface area contributed by atoms with Gasteiger partial charge in [0, 0.05) is 24.1 Å². The fourth-order valence-corrected chi connectivity index (χ4v) is 3.81. The molecule has 1 aliphatic carbocycles. The summed E-state index contributed by atoms with van der Waals surface area (Å²) in [5, 5.41) is 10.5. The number of rotatable bonds is 4. The zero-order chi connectivity index (χ0) is 17.2. The highest BCUT2D eigenvalue weighted by Crippen LogP contribution is 2.49. The number of phenols is 1. The van der Waals surface area contributed by atoms with Gasteiger partial charge < -0.3 is 10.0 Å². The molecule has 0 bridgehead atoms. The Bertz CT molecular complexity index is 731. The first-order chi connectivity index (χ1) is 11.6. The maximum Gasteiger partial charge on any atom is 0.123 e. The fraction of sp³-hybridized carbons (Fsp3) is 0.333. The molecule has 0 saturated heterocycles. The van der Waals surface area contributed by atoms with Crippen molar-refractivity contribution in [1.29, 1.82) is 0 Å². The molecule has 0 aromatic heterocycles. The van der Waals surface area contributed by atoms with Crippen LogP contribution in [0.2, 0.25) is 0 Å². The highest BCUT2D eigenvalue weighted by Gasteiger charge is 2.42. The largest absolute Gasteiger partial charge is 0.508 e. The number of halogens is 1. The molecule has 0 spiro atoms. The van der Waals surface area contributed by atoms with Crippen LogP contribution in [0.1, 0.15) is 25.8 Å². The highest BCUT2D eigenvalue weighted by molar-refractivity contribution is 5.56. The molecule has 3 heteroatoms. The van der Waals surface area contributed by atoms with Gasteiger partial charge in [0.25, 0.3) is 0 Å². The van der Waals surface area contributed by atoms with Gasteiger partial charge in [0.15, 0.2) is 0 Å². The second-order valence-electron chi connectivity index (χ2n) is 6.35. The van der Waals surface area contributed by atoms with Gasteiger partial charge in [-0.2, -0.15) is 0 Å². The van der Waals surface area contributed by atoms with Crippen LogP contribution in [-0.4, -0.2) is 23.1 Å². The third kappa shape index (κ3) is 2.68. The van der Waals surface area contributed by atoms with Gasteiger partial charge in [0.05, 0.1) is 0 Å². The first-order valence-electron chi connectivity index (χ1n) is 8.59. The molecule has 24 heavy (non-hydrogen) atoms. The second kappa shape index (κ2) is 6.68. The monoisotopic (exact) mass is 325 g/mol. The predicted octanol–water partition coefficient (Wildman–Crippen LogP) is 4.70. The topological polar surface area (TPSA) is 23.5 Å². The Labute approximate surface area is 143 Å². The molecule has 2 nitrogen and oxygen atoms in total. The molecule has 0 radical (unpaired) electrons. The minimum Gasteiger partial charge on any atom is -0.508 e. The van der Waals surface area contributed by atoms with E-state index in [9.17, 15) is 9.50 Å². The summed E-state index contributed by atoms with van der Waals surface area (Å²) in [6.45, 7) is 6.03. The molecule has 0 amide bonds.